The molecular formula is C17H23N3O2S. The van der Waals surface area contributed by atoms with E-state index < -0.39 is 0 Å². The van der Waals surface area contributed by atoms with Gasteiger partial charge in [0.2, 0.25) is 11.8 Å². The molecule has 2 unspecified atom stereocenters. The van der Waals surface area contributed by atoms with Crippen molar-refractivity contribution in [2.45, 2.75) is 37.1 Å². The number of rotatable bonds is 6. The van der Waals surface area contributed by atoms with Crippen LogP contribution in [0.3, 0.4) is 0 Å². The number of nitrogens with zero attached hydrogens (tertiary/aromatic N) is 1. The molecule has 3 rings (SSSR count). The number of amides is 2. The zero-order chi connectivity index (χ0) is 16.3. The molecule has 6 heteroatoms. The lowest BCUT2D eigenvalue weighted by molar-refractivity contribution is -0.137. The molecule has 2 heterocycles. The summed E-state index contributed by atoms with van der Waals surface area (Å²) in [6, 6.07) is 9.71. The molecule has 2 aliphatic heterocycles. The molecular weight excluding hydrogens is 310 g/mol. The largest absolute Gasteiger partial charge is 0.385 e. The molecule has 124 valence electrons. The van der Waals surface area contributed by atoms with E-state index in [1.807, 2.05) is 30.3 Å². The van der Waals surface area contributed by atoms with Crippen molar-refractivity contribution in [3.8, 4) is 0 Å². The van der Waals surface area contributed by atoms with Crippen LogP contribution in [0.2, 0.25) is 0 Å². The summed E-state index contributed by atoms with van der Waals surface area (Å²) in [5.41, 5.74) is 1.09. The average molecular weight is 333 g/mol. The van der Waals surface area contributed by atoms with E-state index in [2.05, 4.69) is 17.6 Å². The Balaban J connectivity index is 1.41. The first-order valence-electron chi connectivity index (χ1n) is 8.13. The number of thioether (sulfide) groups is 1. The van der Waals surface area contributed by atoms with Gasteiger partial charge >= 0.3 is 0 Å². The number of carbonyl (C=O) groups excluding carboxylic acids is 2. The topological polar surface area (TPSA) is 61.4 Å². The summed E-state index contributed by atoms with van der Waals surface area (Å²) >= 11 is 1.73. The van der Waals surface area contributed by atoms with Crippen LogP contribution in [0.1, 0.15) is 26.2 Å². The van der Waals surface area contributed by atoms with Crippen LogP contribution >= 0.6 is 11.8 Å². The Morgan fingerprint density at radius 3 is 2.91 bits per heavy atom. The first-order valence-corrected chi connectivity index (χ1v) is 9.11. The number of hydrogen-bond acceptors (Lipinski definition) is 4. The van der Waals surface area contributed by atoms with Crippen molar-refractivity contribution >= 4 is 29.3 Å². The Bertz CT molecular complexity index is 580. The van der Waals surface area contributed by atoms with E-state index in [0.717, 1.165) is 25.1 Å². The summed E-state index contributed by atoms with van der Waals surface area (Å²) in [6.45, 7) is 3.50. The van der Waals surface area contributed by atoms with Crippen molar-refractivity contribution in [3.63, 3.8) is 0 Å². The zero-order valence-electron chi connectivity index (χ0n) is 13.4. The van der Waals surface area contributed by atoms with Crippen molar-refractivity contribution in [2.24, 2.45) is 0 Å². The fourth-order valence-corrected chi connectivity index (χ4v) is 4.65. The zero-order valence-corrected chi connectivity index (χ0v) is 14.2. The Labute approximate surface area is 141 Å². The standard InChI is InChI=1S/C17H23N3O2S/c1-17-9-8-15(21)20(17)14(12-23-17)16(22)19-11-5-10-18-13-6-3-2-4-7-13/h2-4,6-7,14,18H,5,8-12H2,1H3,(H,19,22). The quantitative estimate of drug-likeness (QED) is 0.782. The van der Waals surface area contributed by atoms with Crippen LogP contribution in [-0.4, -0.2) is 46.5 Å². The lowest BCUT2D eigenvalue weighted by Gasteiger charge is -2.29. The Morgan fingerprint density at radius 2 is 2.13 bits per heavy atom. The number of hydrogen-bond donors (Lipinski definition) is 2. The summed E-state index contributed by atoms with van der Waals surface area (Å²) in [5.74, 6) is 0.802. The van der Waals surface area contributed by atoms with Gasteiger partial charge in [-0.25, -0.2) is 0 Å². The van der Waals surface area contributed by atoms with Crippen LogP contribution in [0.4, 0.5) is 5.69 Å². The molecule has 0 aliphatic carbocycles. The van der Waals surface area contributed by atoms with E-state index in [0.29, 0.717) is 18.7 Å². The second kappa shape index (κ2) is 6.83. The lowest BCUT2D eigenvalue weighted by atomic mass is 10.2. The molecule has 2 N–H and O–H groups in total. The Morgan fingerprint density at radius 1 is 1.35 bits per heavy atom. The van der Waals surface area contributed by atoms with Crippen LogP contribution in [0.25, 0.3) is 0 Å². The van der Waals surface area contributed by atoms with Gasteiger partial charge in [0.15, 0.2) is 0 Å². The first-order chi connectivity index (χ1) is 11.1. The van der Waals surface area contributed by atoms with E-state index in [1.54, 1.807) is 16.7 Å². The highest BCUT2D eigenvalue weighted by Crippen LogP contribution is 2.47. The average Bonchev–Trinajstić information content (AvgIpc) is 3.04. The minimum Gasteiger partial charge on any atom is -0.385 e. The number of fused-ring (bicyclic) bond motifs is 1. The van der Waals surface area contributed by atoms with Gasteiger partial charge in [0.25, 0.3) is 0 Å². The number of carbonyl (C=O) groups is 2. The summed E-state index contributed by atoms with van der Waals surface area (Å²) in [7, 11) is 0. The fraction of sp³-hybridized carbons (Fsp3) is 0.529. The predicted octanol–water partition coefficient (Wildman–Crippen LogP) is 2.06. The molecule has 23 heavy (non-hydrogen) atoms. The molecule has 0 aromatic heterocycles. The second-order valence-electron chi connectivity index (χ2n) is 6.20. The third-order valence-corrected chi connectivity index (χ3v) is 6.01. The number of benzene rings is 1. The van der Waals surface area contributed by atoms with Gasteiger partial charge in [0.1, 0.15) is 6.04 Å². The second-order valence-corrected chi connectivity index (χ2v) is 7.70. The molecule has 5 nitrogen and oxygen atoms in total. The molecule has 2 fully saturated rings. The molecule has 1 aromatic carbocycles. The van der Waals surface area contributed by atoms with Crippen LogP contribution in [0.15, 0.2) is 30.3 Å². The van der Waals surface area contributed by atoms with E-state index in [1.165, 1.54) is 0 Å². The third-order valence-electron chi connectivity index (χ3n) is 4.50. The highest BCUT2D eigenvalue weighted by atomic mass is 32.2. The molecule has 2 aliphatic rings. The molecule has 0 spiro atoms. The summed E-state index contributed by atoms with van der Waals surface area (Å²) < 4.78 is 0. The molecule has 0 radical (unpaired) electrons. The number of para-hydroxylation sites is 1. The van der Waals surface area contributed by atoms with E-state index in [9.17, 15) is 9.59 Å². The van der Waals surface area contributed by atoms with Gasteiger partial charge in [-0.3, -0.25) is 9.59 Å². The smallest absolute Gasteiger partial charge is 0.243 e. The highest BCUT2D eigenvalue weighted by Gasteiger charge is 2.52. The van der Waals surface area contributed by atoms with Gasteiger partial charge in [-0.15, -0.1) is 11.8 Å². The number of anilines is 1. The molecule has 0 bridgehead atoms. The van der Waals surface area contributed by atoms with Crippen LogP contribution in [-0.2, 0) is 9.59 Å². The van der Waals surface area contributed by atoms with Gasteiger partial charge in [0.05, 0.1) is 4.87 Å². The fourth-order valence-electron chi connectivity index (χ4n) is 3.22. The summed E-state index contributed by atoms with van der Waals surface area (Å²) in [5, 5.41) is 6.29. The van der Waals surface area contributed by atoms with Crippen LogP contribution in [0.5, 0.6) is 0 Å². The van der Waals surface area contributed by atoms with Gasteiger partial charge in [0, 0.05) is 31.0 Å². The number of nitrogens with one attached hydrogen (secondary N) is 2. The van der Waals surface area contributed by atoms with Crippen molar-refractivity contribution in [2.75, 3.05) is 24.2 Å². The van der Waals surface area contributed by atoms with Gasteiger partial charge in [-0.05, 0) is 31.9 Å². The Hall–Kier alpha value is -1.69. The van der Waals surface area contributed by atoms with Crippen molar-refractivity contribution in [1.29, 1.82) is 0 Å². The van der Waals surface area contributed by atoms with Gasteiger partial charge in [-0.2, -0.15) is 0 Å². The normalized spacial score (nSPS) is 26.2. The highest BCUT2D eigenvalue weighted by molar-refractivity contribution is 8.01. The molecule has 2 amide bonds. The molecule has 2 saturated heterocycles. The predicted molar refractivity (Wildman–Crippen MR) is 93.3 cm³/mol. The van der Waals surface area contributed by atoms with Crippen molar-refractivity contribution in [1.82, 2.24) is 10.2 Å². The third kappa shape index (κ3) is 3.47. The minimum absolute atomic E-state index is 0.0174. The molecule has 0 saturated carbocycles. The van der Waals surface area contributed by atoms with E-state index in [4.69, 9.17) is 0 Å². The minimum atomic E-state index is -0.304. The maximum Gasteiger partial charge on any atom is 0.243 e. The maximum absolute atomic E-state index is 12.4. The lowest BCUT2D eigenvalue weighted by Crippen LogP contribution is -2.50. The van der Waals surface area contributed by atoms with Gasteiger partial charge in [-0.1, -0.05) is 18.2 Å². The monoisotopic (exact) mass is 333 g/mol. The molecule has 1 aromatic rings. The van der Waals surface area contributed by atoms with E-state index in [-0.39, 0.29) is 22.7 Å². The van der Waals surface area contributed by atoms with E-state index >= 15 is 0 Å². The first kappa shape index (κ1) is 16.2. The molecule has 2 atom stereocenters. The van der Waals surface area contributed by atoms with Gasteiger partial charge < -0.3 is 15.5 Å². The van der Waals surface area contributed by atoms with Crippen LogP contribution < -0.4 is 10.6 Å². The van der Waals surface area contributed by atoms with Crippen LogP contribution in [0, 0.1) is 0 Å². The summed E-state index contributed by atoms with van der Waals surface area (Å²) in [4.78, 5) is 26.0. The Kier molecular flexibility index (Phi) is 4.80. The maximum atomic E-state index is 12.4. The van der Waals surface area contributed by atoms with Crippen molar-refractivity contribution < 1.29 is 9.59 Å². The SMILES string of the molecule is CC12CCC(=O)N1C(C(=O)NCCCNc1ccccc1)CS2. The van der Waals surface area contributed by atoms with Crippen molar-refractivity contribution in [3.05, 3.63) is 30.3 Å². The summed E-state index contributed by atoms with van der Waals surface area (Å²) in [6.07, 6.45) is 2.27.